The Morgan fingerprint density at radius 1 is 0.794 bits per heavy atom. The highest BCUT2D eigenvalue weighted by Gasteiger charge is 2.28. The van der Waals surface area contributed by atoms with E-state index in [1.165, 1.54) is 12.1 Å². The molecule has 0 aliphatic carbocycles. The Labute approximate surface area is 195 Å². The van der Waals surface area contributed by atoms with Crippen molar-refractivity contribution in [2.24, 2.45) is 5.10 Å². The molecule has 1 aliphatic heterocycles. The highest BCUT2D eigenvalue weighted by atomic mass is 16.4. The number of phenols is 1. The molecule has 0 spiro atoms. The highest BCUT2D eigenvalue weighted by Crippen LogP contribution is 2.37. The van der Waals surface area contributed by atoms with Crippen LogP contribution in [0.2, 0.25) is 0 Å². The van der Waals surface area contributed by atoms with E-state index in [-0.39, 0.29) is 28.6 Å². The van der Waals surface area contributed by atoms with E-state index in [9.17, 15) is 19.8 Å². The zero-order valence-corrected chi connectivity index (χ0v) is 17.8. The molecular formula is C27H19N3O4. The molecule has 1 amide bonds. The van der Waals surface area contributed by atoms with Crippen molar-refractivity contribution in [1.82, 2.24) is 0 Å². The van der Waals surface area contributed by atoms with E-state index < -0.39 is 5.97 Å². The molecule has 0 radical (unpaired) electrons. The van der Waals surface area contributed by atoms with Crippen molar-refractivity contribution < 1.29 is 19.8 Å². The van der Waals surface area contributed by atoms with Crippen molar-refractivity contribution in [2.45, 2.75) is 0 Å². The van der Waals surface area contributed by atoms with Gasteiger partial charge in [0.2, 0.25) is 0 Å². The van der Waals surface area contributed by atoms with Gasteiger partial charge in [0.15, 0.2) is 5.71 Å². The number of carbonyl (C=O) groups is 2. The fourth-order valence-electron chi connectivity index (χ4n) is 3.95. The normalized spacial score (nSPS) is 13.4. The third-order valence-corrected chi connectivity index (χ3v) is 5.60. The number of nitrogens with zero attached hydrogens (tertiary/aromatic N) is 1. The Kier molecular flexibility index (Phi) is 5.27. The largest absolute Gasteiger partial charge is 0.505 e. The molecule has 7 heteroatoms. The van der Waals surface area contributed by atoms with Crippen molar-refractivity contribution in [3.05, 3.63) is 102 Å². The van der Waals surface area contributed by atoms with Crippen LogP contribution in [0.3, 0.4) is 0 Å². The lowest BCUT2D eigenvalue weighted by atomic mass is 10.0. The third kappa shape index (κ3) is 3.75. The van der Waals surface area contributed by atoms with Crippen LogP contribution >= 0.6 is 0 Å². The summed E-state index contributed by atoms with van der Waals surface area (Å²) in [4.78, 5) is 24.0. The molecule has 4 aromatic carbocycles. The van der Waals surface area contributed by atoms with E-state index in [1.54, 1.807) is 30.3 Å². The van der Waals surface area contributed by atoms with Crippen LogP contribution in [0.1, 0.15) is 15.9 Å². The number of carboxylic acids is 1. The van der Waals surface area contributed by atoms with Gasteiger partial charge in [0.1, 0.15) is 5.75 Å². The van der Waals surface area contributed by atoms with Crippen LogP contribution in [-0.4, -0.2) is 27.8 Å². The zero-order chi connectivity index (χ0) is 23.7. The van der Waals surface area contributed by atoms with Gasteiger partial charge in [0.25, 0.3) is 5.91 Å². The number of fused-ring (bicyclic) bond motifs is 1. The second kappa shape index (κ2) is 8.55. The van der Waals surface area contributed by atoms with Crippen LogP contribution in [0.5, 0.6) is 5.75 Å². The van der Waals surface area contributed by atoms with Gasteiger partial charge in [-0.15, -0.1) is 0 Å². The number of para-hydroxylation sites is 2. The number of benzene rings is 4. The van der Waals surface area contributed by atoms with Crippen LogP contribution in [0.25, 0.3) is 22.3 Å². The Morgan fingerprint density at radius 3 is 2.26 bits per heavy atom. The van der Waals surface area contributed by atoms with Crippen LogP contribution < -0.4 is 10.7 Å². The Balaban J connectivity index is 1.49. The monoisotopic (exact) mass is 449 g/mol. The molecule has 0 aromatic heterocycles. The number of phenolic OH excluding ortho intramolecular Hbond substituents is 1. The number of carbonyl (C=O) groups excluding carboxylic acids is 1. The first-order valence-electron chi connectivity index (χ1n) is 10.5. The lowest BCUT2D eigenvalue weighted by molar-refractivity contribution is -0.110. The summed E-state index contributed by atoms with van der Waals surface area (Å²) in [6.45, 7) is 0. The predicted octanol–water partition coefficient (Wildman–Crippen LogP) is 5.19. The molecule has 0 saturated carbocycles. The summed E-state index contributed by atoms with van der Waals surface area (Å²) in [7, 11) is 0. The molecule has 1 aliphatic rings. The molecule has 0 bridgehead atoms. The number of hydrogen-bond acceptors (Lipinski definition) is 5. The van der Waals surface area contributed by atoms with Crippen molar-refractivity contribution in [3.8, 4) is 28.0 Å². The number of rotatable bonds is 5. The van der Waals surface area contributed by atoms with Crippen molar-refractivity contribution in [1.29, 1.82) is 0 Å². The summed E-state index contributed by atoms with van der Waals surface area (Å²) < 4.78 is 0. The van der Waals surface area contributed by atoms with Crippen molar-refractivity contribution in [3.63, 3.8) is 0 Å². The van der Waals surface area contributed by atoms with Gasteiger partial charge in [-0.2, -0.15) is 5.10 Å². The molecule has 0 unspecified atom stereocenters. The molecule has 5 rings (SSSR count). The minimum Gasteiger partial charge on any atom is -0.505 e. The van der Waals surface area contributed by atoms with Gasteiger partial charge in [-0.05, 0) is 29.3 Å². The van der Waals surface area contributed by atoms with E-state index in [1.807, 2.05) is 48.5 Å². The van der Waals surface area contributed by atoms with E-state index >= 15 is 0 Å². The smallest absolute Gasteiger partial charge is 0.335 e. The summed E-state index contributed by atoms with van der Waals surface area (Å²) in [5.41, 5.74) is 7.58. The van der Waals surface area contributed by atoms with Gasteiger partial charge in [-0.3, -0.25) is 10.2 Å². The second-order valence-electron chi connectivity index (χ2n) is 7.71. The molecule has 166 valence electrons. The predicted molar refractivity (Wildman–Crippen MR) is 131 cm³/mol. The number of hydrogen-bond donors (Lipinski definition) is 4. The van der Waals surface area contributed by atoms with Crippen molar-refractivity contribution >= 4 is 29.0 Å². The minimum absolute atomic E-state index is 0.106. The standard InChI is InChI=1S/C27H19N3O4/c31-25-20(17-9-4-10-18(15-17)27(33)34)12-6-14-22(25)29-30-24-21-13-5-11-19(23(21)28-26(24)32)16-7-2-1-3-8-16/h1-15,29,31H,(H,33,34)(H,28,30,32). The average Bonchev–Trinajstić information content (AvgIpc) is 3.19. The maximum atomic E-state index is 12.7. The third-order valence-electron chi connectivity index (χ3n) is 5.60. The highest BCUT2D eigenvalue weighted by molar-refractivity contribution is 6.54. The number of amides is 1. The number of aromatic carboxylic acids is 1. The summed E-state index contributed by atoms with van der Waals surface area (Å²) in [6, 6.07) is 26.7. The zero-order valence-electron chi connectivity index (χ0n) is 17.8. The van der Waals surface area contributed by atoms with Crippen LogP contribution in [0, 0.1) is 0 Å². The fourth-order valence-corrected chi connectivity index (χ4v) is 3.95. The summed E-state index contributed by atoms with van der Waals surface area (Å²) >= 11 is 0. The first-order chi connectivity index (χ1) is 16.5. The lowest BCUT2D eigenvalue weighted by Crippen LogP contribution is -2.15. The van der Waals surface area contributed by atoms with Gasteiger partial charge in [-0.25, -0.2) is 4.79 Å². The number of aromatic hydroxyl groups is 1. The number of carboxylic acid groups (broad SMARTS) is 1. The molecule has 0 atom stereocenters. The molecule has 1 heterocycles. The molecule has 0 saturated heterocycles. The van der Waals surface area contributed by atoms with Gasteiger partial charge in [0, 0.05) is 16.7 Å². The molecule has 4 N–H and O–H groups in total. The molecule has 0 fully saturated rings. The number of anilines is 2. The molecular weight excluding hydrogens is 430 g/mol. The quantitative estimate of drug-likeness (QED) is 0.247. The summed E-state index contributed by atoms with van der Waals surface area (Å²) in [5, 5.41) is 27.3. The summed E-state index contributed by atoms with van der Waals surface area (Å²) in [6.07, 6.45) is 0. The first kappa shape index (κ1) is 21.0. The van der Waals surface area contributed by atoms with Gasteiger partial charge < -0.3 is 15.5 Å². The molecule has 34 heavy (non-hydrogen) atoms. The van der Waals surface area contributed by atoms with Crippen LogP contribution in [-0.2, 0) is 4.79 Å². The van der Waals surface area contributed by atoms with E-state index in [0.29, 0.717) is 22.4 Å². The minimum atomic E-state index is -1.05. The maximum Gasteiger partial charge on any atom is 0.335 e. The Bertz CT molecular complexity index is 1460. The van der Waals surface area contributed by atoms with Gasteiger partial charge in [0.05, 0.1) is 16.9 Å². The van der Waals surface area contributed by atoms with E-state index in [2.05, 4.69) is 15.8 Å². The van der Waals surface area contributed by atoms with Gasteiger partial charge in [-0.1, -0.05) is 72.8 Å². The van der Waals surface area contributed by atoms with Crippen molar-refractivity contribution in [2.75, 3.05) is 10.7 Å². The molecule has 7 nitrogen and oxygen atoms in total. The number of nitrogens with one attached hydrogen (secondary N) is 2. The van der Waals surface area contributed by atoms with Crippen LogP contribution in [0.15, 0.2) is 96.1 Å². The maximum absolute atomic E-state index is 12.7. The number of hydrazone groups is 1. The average molecular weight is 449 g/mol. The SMILES string of the molecule is O=C1Nc2c(cccc2-c2ccccc2)/C1=N/Nc1cccc(-c2cccc(C(=O)O)c2)c1O. The van der Waals surface area contributed by atoms with Gasteiger partial charge >= 0.3 is 5.97 Å². The van der Waals surface area contributed by atoms with E-state index in [0.717, 1.165) is 11.1 Å². The topological polar surface area (TPSA) is 111 Å². The lowest BCUT2D eigenvalue weighted by Gasteiger charge is -2.10. The Morgan fingerprint density at radius 2 is 1.47 bits per heavy atom. The Hall–Kier alpha value is -4.91. The first-order valence-corrected chi connectivity index (χ1v) is 10.5. The summed E-state index contributed by atoms with van der Waals surface area (Å²) in [5.74, 6) is -1.51. The molecule has 4 aromatic rings. The fraction of sp³-hybridized carbons (Fsp3) is 0. The second-order valence-corrected chi connectivity index (χ2v) is 7.71. The van der Waals surface area contributed by atoms with E-state index in [4.69, 9.17) is 0 Å². The van der Waals surface area contributed by atoms with Crippen LogP contribution in [0.4, 0.5) is 11.4 Å².